The molecule has 116 valence electrons. The fourth-order valence-corrected chi connectivity index (χ4v) is 2.42. The maximum Gasteiger partial charge on any atom is 0.317 e. The molecular formula is C19H23NO2. The number of carbonyl (C=O) groups is 1. The van der Waals surface area contributed by atoms with Crippen LogP contribution in [0.2, 0.25) is 0 Å². The predicted molar refractivity (Wildman–Crippen MR) is 89.8 cm³/mol. The number of nitrogens with zero attached hydrogens (tertiary/aromatic N) is 1. The van der Waals surface area contributed by atoms with E-state index in [1.54, 1.807) is 0 Å². The Labute approximate surface area is 132 Å². The van der Waals surface area contributed by atoms with E-state index in [9.17, 15) is 4.79 Å². The van der Waals surface area contributed by atoms with E-state index >= 15 is 0 Å². The van der Waals surface area contributed by atoms with Crippen molar-refractivity contribution in [1.29, 1.82) is 0 Å². The fourth-order valence-electron chi connectivity index (χ4n) is 2.42. The Morgan fingerprint density at radius 2 is 1.77 bits per heavy atom. The van der Waals surface area contributed by atoms with Crippen LogP contribution in [0.4, 0.5) is 0 Å². The van der Waals surface area contributed by atoms with Crippen LogP contribution in [0.1, 0.15) is 25.0 Å². The molecule has 0 bridgehead atoms. The van der Waals surface area contributed by atoms with Crippen LogP contribution in [0.15, 0.2) is 48.5 Å². The molecule has 0 amide bonds. The molecule has 0 aliphatic heterocycles. The van der Waals surface area contributed by atoms with Gasteiger partial charge in [-0.15, -0.1) is 0 Å². The van der Waals surface area contributed by atoms with Gasteiger partial charge in [0.25, 0.3) is 0 Å². The maximum absolute atomic E-state index is 11.0. The lowest BCUT2D eigenvalue weighted by molar-refractivity contribution is -0.138. The molecule has 0 atom stereocenters. The third kappa shape index (κ3) is 4.43. The molecule has 0 saturated carbocycles. The minimum Gasteiger partial charge on any atom is -0.480 e. The lowest BCUT2D eigenvalue weighted by Gasteiger charge is -2.24. The summed E-state index contributed by atoms with van der Waals surface area (Å²) in [5.74, 6) is -0.789. The topological polar surface area (TPSA) is 40.5 Å². The third-order valence-electron chi connectivity index (χ3n) is 3.77. The summed E-state index contributed by atoms with van der Waals surface area (Å²) < 4.78 is 0. The van der Waals surface area contributed by atoms with Gasteiger partial charge in [0.05, 0.1) is 6.54 Å². The van der Waals surface area contributed by atoms with Crippen molar-refractivity contribution in [2.24, 2.45) is 0 Å². The molecule has 0 spiro atoms. The normalized spacial score (nSPS) is 11.1. The number of rotatable bonds is 6. The van der Waals surface area contributed by atoms with Gasteiger partial charge < -0.3 is 5.11 Å². The second-order valence-corrected chi connectivity index (χ2v) is 5.96. The van der Waals surface area contributed by atoms with Gasteiger partial charge in [-0.05, 0) is 43.5 Å². The van der Waals surface area contributed by atoms with Gasteiger partial charge in [-0.2, -0.15) is 0 Å². The molecular weight excluding hydrogens is 274 g/mol. The van der Waals surface area contributed by atoms with Gasteiger partial charge in [0.1, 0.15) is 0 Å². The van der Waals surface area contributed by atoms with Crippen LogP contribution in [0.25, 0.3) is 11.1 Å². The van der Waals surface area contributed by atoms with Crippen LogP contribution in [0.3, 0.4) is 0 Å². The Bertz CT molecular complexity index is 632. The van der Waals surface area contributed by atoms with Gasteiger partial charge >= 0.3 is 5.97 Å². The number of carboxylic acid groups (broad SMARTS) is 1. The summed E-state index contributed by atoms with van der Waals surface area (Å²) in [6.45, 7) is 6.82. The molecule has 0 radical (unpaired) electrons. The highest BCUT2D eigenvalue weighted by molar-refractivity contribution is 5.69. The summed E-state index contributed by atoms with van der Waals surface area (Å²) in [5.41, 5.74) is 4.72. The molecule has 0 fully saturated rings. The summed E-state index contributed by atoms with van der Waals surface area (Å²) in [4.78, 5) is 12.9. The highest BCUT2D eigenvalue weighted by Crippen LogP contribution is 2.22. The Morgan fingerprint density at radius 1 is 1.09 bits per heavy atom. The Hall–Kier alpha value is -2.13. The molecule has 1 N–H and O–H groups in total. The summed E-state index contributed by atoms with van der Waals surface area (Å²) >= 11 is 0. The monoisotopic (exact) mass is 297 g/mol. The van der Waals surface area contributed by atoms with Crippen molar-refractivity contribution in [3.05, 3.63) is 59.7 Å². The standard InChI is InChI=1S/C19H23NO2/c1-14(2)20(13-19(21)22)12-16-5-4-6-18(11-16)17-9-7-15(3)8-10-17/h4-11,14H,12-13H2,1-3H3,(H,21,22). The number of aryl methyl sites for hydroxylation is 1. The number of hydrogen-bond acceptors (Lipinski definition) is 2. The smallest absolute Gasteiger partial charge is 0.317 e. The van der Waals surface area contributed by atoms with E-state index in [1.807, 2.05) is 24.8 Å². The molecule has 0 unspecified atom stereocenters. The zero-order valence-electron chi connectivity index (χ0n) is 13.4. The van der Waals surface area contributed by atoms with E-state index in [0.29, 0.717) is 6.54 Å². The first kappa shape index (κ1) is 16.2. The van der Waals surface area contributed by atoms with Crippen LogP contribution in [0.5, 0.6) is 0 Å². The lowest BCUT2D eigenvalue weighted by atomic mass is 10.0. The quantitative estimate of drug-likeness (QED) is 0.877. The molecule has 3 heteroatoms. The van der Waals surface area contributed by atoms with Crippen molar-refractivity contribution in [2.75, 3.05) is 6.54 Å². The van der Waals surface area contributed by atoms with Crippen LogP contribution in [-0.2, 0) is 11.3 Å². The van der Waals surface area contributed by atoms with Crippen LogP contribution < -0.4 is 0 Å². The molecule has 2 aromatic rings. The predicted octanol–water partition coefficient (Wildman–Crippen LogP) is 3.96. The van der Waals surface area contributed by atoms with Gasteiger partial charge in [-0.25, -0.2) is 0 Å². The first-order valence-electron chi connectivity index (χ1n) is 7.57. The molecule has 0 aliphatic rings. The van der Waals surface area contributed by atoms with Crippen LogP contribution in [-0.4, -0.2) is 28.6 Å². The Morgan fingerprint density at radius 3 is 2.36 bits per heavy atom. The second-order valence-electron chi connectivity index (χ2n) is 5.96. The van der Waals surface area contributed by atoms with Gasteiger partial charge in [0, 0.05) is 12.6 Å². The largest absolute Gasteiger partial charge is 0.480 e. The number of carboxylic acids is 1. The average molecular weight is 297 g/mol. The lowest BCUT2D eigenvalue weighted by Crippen LogP contribution is -2.35. The number of benzene rings is 2. The van der Waals surface area contributed by atoms with E-state index in [-0.39, 0.29) is 12.6 Å². The minimum atomic E-state index is -0.789. The van der Waals surface area contributed by atoms with Gasteiger partial charge in [-0.3, -0.25) is 9.69 Å². The van der Waals surface area contributed by atoms with Crippen molar-refractivity contribution in [3.8, 4) is 11.1 Å². The first-order chi connectivity index (χ1) is 10.5. The second kappa shape index (κ2) is 7.23. The van der Waals surface area contributed by atoms with Crippen molar-refractivity contribution < 1.29 is 9.90 Å². The molecule has 22 heavy (non-hydrogen) atoms. The molecule has 0 aromatic heterocycles. The Balaban J connectivity index is 2.20. The van der Waals surface area contributed by atoms with E-state index in [2.05, 4.69) is 49.4 Å². The molecule has 0 heterocycles. The summed E-state index contributed by atoms with van der Waals surface area (Å²) in [6, 6.07) is 16.9. The zero-order chi connectivity index (χ0) is 16.1. The van der Waals surface area contributed by atoms with E-state index in [4.69, 9.17) is 5.11 Å². The van der Waals surface area contributed by atoms with Crippen LogP contribution >= 0.6 is 0 Å². The van der Waals surface area contributed by atoms with Gasteiger partial charge in [0.2, 0.25) is 0 Å². The van der Waals surface area contributed by atoms with Crippen molar-refractivity contribution >= 4 is 5.97 Å². The summed E-state index contributed by atoms with van der Waals surface area (Å²) in [7, 11) is 0. The minimum absolute atomic E-state index is 0.0619. The highest BCUT2D eigenvalue weighted by Gasteiger charge is 2.14. The van der Waals surface area contributed by atoms with E-state index in [0.717, 1.165) is 11.1 Å². The van der Waals surface area contributed by atoms with Crippen molar-refractivity contribution in [2.45, 2.75) is 33.4 Å². The molecule has 2 rings (SSSR count). The summed E-state index contributed by atoms with van der Waals surface area (Å²) in [5, 5.41) is 9.03. The van der Waals surface area contributed by atoms with Gasteiger partial charge in [-0.1, -0.05) is 48.0 Å². The molecule has 0 aliphatic carbocycles. The van der Waals surface area contributed by atoms with Crippen molar-refractivity contribution in [1.82, 2.24) is 4.90 Å². The average Bonchev–Trinajstić information content (AvgIpc) is 2.47. The molecule has 2 aromatic carbocycles. The fraction of sp³-hybridized carbons (Fsp3) is 0.316. The number of hydrogen-bond donors (Lipinski definition) is 1. The maximum atomic E-state index is 11.0. The summed E-state index contributed by atoms with van der Waals surface area (Å²) in [6.07, 6.45) is 0. The SMILES string of the molecule is Cc1ccc(-c2cccc(CN(CC(=O)O)C(C)C)c2)cc1. The Kier molecular flexibility index (Phi) is 5.34. The first-order valence-corrected chi connectivity index (χ1v) is 7.57. The van der Waals surface area contributed by atoms with Crippen molar-refractivity contribution in [3.63, 3.8) is 0 Å². The molecule has 0 saturated heterocycles. The van der Waals surface area contributed by atoms with E-state index < -0.39 is 5.97 Å². The van der Waals surface area contributed by atoms with E-state index in [1.165, 1.54) is 11.1 Å². The number of aliphatic carboxylic acids is 1. The third-order valence-corrected chi connectivity index (χ3v) is 3.77. The zero-order valence-corrected chi connectivity index (χ0v) is 13.4. The van der Waals surface area contributed by atoms with Gasteiger partial charge in [0.15, 0.2) is 0 Å². The van der Waals surface area contributed by atoms with Crippen LogP contribution in [0, 0.1) is 6.92 Å². The molecule has 3 nitrogen and oxygen atoms in total. The highest BCUT2D eigenvalue weighted by atomic mass is 16.4.